The maximum Gasteiger partial charge on any atom is 0.335 e. The lowest BCUT2D eigenvalue weighted by atomic mass is 9.89. The molecule has 3 heteroatoms. The lowest BCUT2D eigenvalue weighted by Gasteiger charge is -2.34. The molecule has 0 radical (unpaired) electrons. The molecule has 2 nitrogen and oxygen atoms in total. The minimum atomic E-state index is -0.851. The highest BCUT2D eigenvalue weighted by atomic mass is 32.2. The Morgan fingerprint density at radius 1 is 1.22 bits per heavy atom. The number of carboxylic acid groups (broad SMARTS) is 1. The van der Waals surface area contributed by atoms with Crippen LogP contribution in [0, 0.1) is 6.92 Å². The smallest absolute Gasteiger partial charge is 0.335 e. The first kappa shape index (κ1) is 13.2. The van der Waals surface area contributed by atoms with Crippen LogP contribution in [0.1, 0.15) is 49.2 Å². The summed E-state index contributed by atoms with van der Waals surface area (Å²) in [5, 5.41) is 9.20. The van der Waals surface area contributed by atoms with Crippen LogP contribution >= 0.6 is 11.8 Å². The van der Waals surface area contributed by atoms with E-state index in [-0.39, 0.29) is 4.75 Å². The second-order valence-corrected chi connectivity index (χ2v) is 6.94. The van der Waals surface area contributed by atoms with E-state index in [0.717, 1.165) is 11.1 Å². The highest BCUT2D eigenvalue weighted by Crippen LogP contribution is 2.49. The van der Waals surface area contributed by atoms with Crippen molar-refractivity contribution in [3.63, 3.8) is 0 Å². The Morgan fingerprint density at radius 3 is 2.39 bits per heavy atom. The molecule has 1 aromatic carbocycles. The Labute approximate surface area is 112 Å². The van der Waals surface area contributed by atoms with Crippen molar-refractivity contribution in [3.8, 4) is 0 Å². The summed E-state index contributed by atoms with van der Waals surface area (Å²) >= 11 is 1.81. The molecule has 0 amide bonds. The fourth-order valence-corrected chi connectivity index (χ4v) is 3.86. The second kappa shape index (κ2) is 4.16. The molecule has 18 heavy (non-hydrogen) atoms. The zero-order chi connectivity index (χ0) is 13.7. The lowest BCUT2D eigenvalue weighted by molar-refractivity contribution is 0.0696. The Balaban J connectivity index is 2.74. The summed E-state index contributed by atoms with van der Waals surface area (Å²) in [5.41, 5.74) is 4.93. The van der Waals surface area contributed by atoms with E-state index in [1.807, 2.05) is 24.8 Å². The van der Waals surface area contributed by atoms with Crippen molar-refractivity contribution in [1.82, 2.24) is 0 Å². The quantitative estimate of drug-likeness (QED) is 0.816. The topological polar surface area (TPSA) is 37.3 Å². The molecule has 96 valence electrons. The SMILES string of the molecule is CC1=C(C)C(C)(C)Sc2ccc(C(=O)O)c(C)c21. The van der Waals surface area contributed by atoms with Gasteiger partial charge >= 0.3 is 5.97 Å². The lowest BCUT2D eigenvalue weighted by Crippen LogP contribution is -2.22. The van der Waals surface area contributed by atoms with Crippen LogP contribution in [0.3, 0.4) is 0 Å². The van der Waals surface area contributed by atoms with Crippen LogP contribution in [-0.4, -0.2) is 15.8 Å². The molecule has 1 aliphatic rings. The fourth-order valence-electron chi connectivity index (χ4n) is 2.46. The highest BCUT2D eigenvalue weighted by molar-refractivity contribution is 8.01. The Bertz CT molecular complexity index is 568. The van der Waals surface area contributed by atoms with Crippen molar-refractivity contribution in [2.24, 2.45) is 0 Å². The van der Waals surface area contributed by atoms with Gasteiger partial charge in [0.25, 0.3) is 0 Å². The van der Waals surface area contributed by atoms with E-state index in [4.69, 9.17) is 0 Å². The number of hydrogen-bond acceptors (Lipinski definition) is 2. The van der Waals surface area contributed by atoms with Crippen LogP contribution < -0.4 is 0 Å². The standard InChI is InChI=1S/C15H18O2S/c1-8-10(3)15(4,5)18-12-7-6-11(14(16)17)9(2)13(8)12/h6-7H,1-5H3,(H,16,17). The van der Waals surface area contributed by atoms with Crippen molar-refractivity contribution < 1.29 is 9.90 Å². The van der Waals surface area contributed by atoms with Crippen LogP contribution in [0.15, 0.2) is 22.6 Å². The molecule has 0 bridgehead atoms. The molecular formula is C15H18O2S. The van der Waals surface area contributed by atoms with Crippen LogP contribution in [-0.2, 0) is 0 Å². The number of carboxylic acids is 1. The second-order valence-electron chi connectivity index (χ2n) is 5.28. The summed E-state index contributed by atoms with van der Waals surface area (Å²) in [6.07, 6.45) is 0. The van der Waals surface area contributed by atoms with E-state index < -0.39 is 5.97 Å². The third kappa shape index (κ3) is 1.87. The van der Waals surface area contributed by atoms with E-state index in [1.165, 1.54) is 16.0 Å². The van der Waals surface area contributed by atoms with Crippen LogP contribution in [0.2, 0.25) is 0 Å². The van der Waals surface area contributed by atoms with Crippen molar-refractivity contribution in [2.45, 2.75) is 44.3 Å². The maximum atomic E-state index is 11.2. The van der Waals surface area contributed by atoms with Gasteiger partial charge < -0.3 is 5.11 Å². The largest absolute Gasteiger partial charge is 0.478 e. The zero-order valence-electron chi connectivity index (χ0n) is 11.4. The van der Waals surface area contributed by atoms with Crippen molar-refractivity contribution >= 4 is 23.3 Å². The molecular weight excluding hydrogens is 244 g/mol. The molecule has 0 aromatic heterocycles. The molecule has 2 rings (SSSR count). The third-order valence-electron chi connectivity index (χ3n) is 3.86. The van der Waals surface area contributed by atoms with Gasteiger partial charge in [0.15, 0.2) is 0 Å². The average molecular weight is 262 g/mol. The molecule has 1 aromatic rings. The van der Waals surface area contributed by atoms with Crippen molar-refractivity contribution in [2.75, 3.05) is 0 Å². The van der Waals surface area contributed by atoms with E-state index in [0.29, 0.717) is 5.56 Å². The van der Waals surface area contributed by atoms with Gasteiger partial charge in [-0.3, -0.25) is 0 Å². The van der Waals surface area contributed by atoms with Crippen LogP contribution in [0.25, 0.3) is 5.57 Å². The summed E-state index contributed by atoms with van der Waals surface area (Å²) < 4.78 is 0.0776. The number of allylic oxidation sites excluding steroid dienone is 1. The Hall–Kier alpha value is -1.22. The first-order valence-corrected chi connectivity index (χ1v) is 6.81. The summed E-state index contributed by atoms with van der Waals surface area (Å²) in [6.45, 7) is 10.5. The predicted octanol–water partition coefficient (Wildman–Crippen LogP) is 4.37. The first-order chi connectivity index (χ1) is 8.25. The number of hydrogen-bond donors (Lipinski definition) is 1. The summed E-state index contributed by atoms with van der Waals surface area (Å²) in [6, 6.07) is 3.65. The summed E-state index contributed by atoms with van der Waals surface area (Å²) in [5.74, 6) is -0.851. The molecule has 0 spiro atoms. The van der Waals surface area contributed by atoms with Crippen LogP contribution in [0.4, 0.5) is 0 Å². The molecule has 1 aliphatic heterocycles. The minimum Gasteiger partial charge on any atom is -0.478 e. The highest BCUT2D eigenvalue weighted by Gasteiger charge is 2.31. The van der Waals surface area contributed by atoms with Gasteiger partial charge in [-0.05, 0) is 63.5 Å². The van der Waals surface area contributed by atoms with E-state index in [1.54, 1.807) is 6.07 Å². The summed E-state index contributed by atoms with van der Waals surface area (Å²) in [7, 11) is 0. The van der Waals surface area contributed by atoms with E-state index in [2.05, 4.69) is 27.7 Å². The number of rotatable bonds is 1. The van der Waals surface area contributed by atoms with Gasteiger partial charge in [-0.25, -0.2) is 4.79 Å². The average Bonchev–Trinajstić information content (AvgIpc) is 2.25. The third-order valence-corrected chi connectivity index (χ3v) is 5.24. The molecule has 0 saturated heterocycles. The fraction of sp³-hybridized carbons (Fsp3) is 0.400. The van der Waals surface area contributed by atoms with Gasteiger partial charge in [-0.2, -0.15) is 0 Å². The van der Waals surface area contributed by atoms with E-state index >= 15 is 0 Å². The number of aromatic carboxylic acids is 1. The molecule has 0 saturated carbocycles. The van der Waals surface area contributed by atoms with Crippen molar-refractivity contribution in [3.05, 3.63) is 34.4 Å². The minimum absolute atomic E-state index is 0.0776. The molecule has 1 heterocycles. The number of carbonyl (C=O) groups is 1. The Kier molecular flexibility index (Phi) is 3.06. The first-order valence-electron chi connectivity index (χ1n) is 6.00. The zero-order valence-corrected chi connectivity index (χ0v) is 12.2. The molecule has 0 fully saturated rings. The monoisotopic (exact) mass is 262 g/mol. The van der Waals surface area contributed by atoms with Crippen molar-refractivity contribution in [1.29, 1.82) is 0 Å². The summed E-state index contributed by atoms with van der Waals surface area (Å²) in [4.78, 5) is 12.4. The molecule has 1 N–H and O–H groups in total. The maximum absolute atomic E-state index is 11.2. The predicted molar refractivity (Wildman–Crippen MR) is 76.3 cm³/mol. The van der Waals surface area contributed by atoms with Gasteiger partial charge in [-0.15, -0.1) is 11.8 Å². The number of benzene rings is 1. The molecule has 0 aliphatic carbocycles. The van der Waals surface area contributed by atoms with Gasteiger partial charge in [-0.1, -0.05) is 5.57 Å². The van der Waals surface area contributed by atoms with Gasteiger partial charge in [0.2, 0.25) is 0 Å². The van der Waals surface area contributed by atoms with Gasteiger partial charge in [0.05, 0.1) is 5.56 Å². The molecule has 0 unspecified atom stereocenters. The van der Waals surface area contributed by atoms with Gasteiger partial charge in [0, 0.05) is 9.64 Å². The Morgan fingerprint density at radius 2 is 1.83 bits per heavy atom. The normalized spacial score (nSPS) is 17.6. The number of thioether (sulfide) groups is 1. The molecule has 0 atom stereocenters. The van der Waals surface area contributed by atoms with Gasteiger partial charge in [0.1, 0.15) is 0 Å². The number of fused-ring (bicyclic) bond motifs is 1. The van der Waals surface area contributed by atoms with Crippen LogP contribution in [0.5, 0.6) is 0 Å². The van der Waals surface area contributed by atoms with E-state index in [9.17, 15) is 9.90 Å².